The number of carbonyl (C=O) groups excluding carboxylic acids is 2. The lowest BCUT2D eigenvalue weighted by Crippen LogP contribution is -2.32. The highest BCUT2D eigenvalue weighted by Gasteiger charge is 2.18. The lowest BCUT2D eigenvalue weighted by molar-refractivity contribution is -0.148. The molecule has 3 N–H and O–H groups in total. The van der Waals surface area contributed by atoms with Crippen LogP contribution in [0.4, 0.5) is 5.69 Å². The molecule has 1 amide bonds. The first-order valence-electron chi connectivity index (χ1n) is 11.9. The van der Waals surface area contributed by atoms with E-state index in [0.717, 1.165) is 5.56 Å². The van der Waals surface area contributed by atoms with Gasteiger partial charge in [0.05, 0.1) is 39.2 Å². The van der Waals surface area contributed by atoms with Crippen LogP contribution < -0.4 is 24.8 Å². The number of amides is 1. The van der Waals surface area contributed by atoms with Gasteiger partial charge in [-0.3, -0.25) is 9.59 Å². The smallest absolute Gasteiger partial charge is 0.251 e. The summed E-state index contributed by atoms with van der Waals surface area (Å²) in [6.07, 6.45) is -1.17. The van der Waals surface area contributed by atoms with Gasteiger partial charge in [-0.05, 0) is 51.1 Å². The topological polar surface area (TPSA) is 128 Å². The van der Waals surface area contributed by atoms with Crippen LogP contribution in [0.15, 0.2) is 54.6 Å². The summed E-state index contributed by atoms with van der Waals surface area (Å²) in [6.45, 7) is 5.27. The van der Waals surface area contributed by atoms with Gasteiger partial charge in [0.1, 0.15) is 11.4 Å². The predicted octanol–water partition coefficient (Wildman–Crippen LogP) is 3.89. The van der Waals surface area contributed by atoms with Crippen LogP contribution in [0.1, 0.15) is 41.6 Å². The quantitative estimate of drug-likeness (QED) is 0.253. The van der Waals surface area contributed by atoms with Gasteiger partial charge in [0.2, 0.25) is 6.41 Å². The second-order valence-corrected chi connectivity index (χ2v) is 9.26. The number of anilines is 1. The predicted molar refractivity (Wildman–Crippen MR) is 143 cm³/mol. The Kier molecular flexibility index (Phi) is 9.27. The van der Waals surface area contributed by atoms with E-state index in [0.29, 0.717) is 34.2 Å². The van der Waals surface area contributed by atoms with Crippen molar-refractivity contribution in [3.05, 3.63) is 65.9 Å². The zero-order chi connectivity index (χ0) is 27.9. The number of Topliss-reactive ketones (excluding diaryl/α,β-unsaturated/α-hetero) is 1. The van der Waals surface area contributed by atoms with E-state index >= 15 is 0 Å². The highest BCUT2D eigenvalue weighted by Crippen LogP contribution is 2.28. The molecule has 10 heteroatoms. The highest BCUT2D eigenvalue weighted by atomic mass is 16.6. The fraction of sp³-hybridized carbons (Fsp3) is 0.321. The van der Waals surface area contributed by atoms with Crippen LogP contribution in [0, 0.1) is 0 Å². The summed E-state index contributed by atoms with van der Waals surface area (Å²) in [5, 5.41) is 15.5. The normalized spacial score (nSPS) is 11.9. The van der Waals surface area contributed by atoms with Gasteiger partial charge in [0.15, 0.2) is 17.3 Å². The lowest BCUT2D eigenvalue weighted by Gasteiger charge is -2.24. The van der Waals surface area contributed by atoms with Crippen LogP contribution in [-0.4, -0.2) is 61.7 Å². The fourth-order valence-electron chi connectivity index (χ4n) is 3.49. The van der Waals surface area contributed by atoms with Crippen molar-refractivity contribution in [3.63, 3.8) is 0 Å². The first kappa shape index (κ1) is 28.4. The standard InChI is InChI=1S/C28H33N3O7/c1-28(2,3)38-27(34)30-19-10-7-17(8-11-19)21-14-20(35-4)15-22(31-21)23(32)16-29-26(33)18-9-12-24(36-5)25(13-18)37-6/h7-15,27,30,34H,16H2,1-6H3,(H,29,33). The molecule has 38 heavy (non-hydrogen) atoms. The molecule has 2 aromatic carbocycles. The number of benzene rings is 2. The number of nitrogens with one attached hydrogen (secondary N) is 2. The summed E-state index contributed by atoms with van der Waals surface area (Å²) in [4.78, 5) is 30.0. The van der Waals surface area contributed by atoms with Crippen molar-refractivity contribution in [1.82, 2.24) is 10.3 Å². The van der Waals surface area contributed by atoms with Gasteiger partial charge in [-0.2, -0.15) is 0 Å². The number of hydrogen-bond acceptors (Lipinski definition) is 9. The van der Waals surface area contributed by atoms with Crippen LogP contribution in [0.3, 0.4) is 0 Å². The second kappa shape index (κ2) is 12.4. The number of aromatic nitrogens is 1. The number of aliphatic hydroxyl groups excluding tert-OH is 1. The van der Waals surface area contributed by atoms with Crippen molar-refractivity contribution in [1.29, 1.82) is 0 Å². The summed E-state index contributed by atoms with van der Waals surface area (Å²) in [6, 6.07) is 15.1. The zero-order valence-electron chi connectivity index (χ0n) is 22.3. The van der Waals surface area contributed by atoms with Crippen LogP contribution >= 0.6 is 0 Å². The van der Waals surface area contributed by atoms with Gasteiger partial charge in [0, 0.05) is 28.9 Å². The van der Waals surface area contributed by atoms with Gasteiger partial charge in [-0.25, -0.2) is 4.98 Å². The molecule has 1 unspecified atom stereocenters. The maximum atomic E-state index is 12.9. The Morgan fingerprint density at radius 2 is 1.61 bits per heavy atom. The molecule has 0 saturated heterocycles. The summed E-state index contributed by atoms with van der Waals surface area (Å²) in [5.41, 5.74) is 1.83. The molecule has 1 aromatic heterocycles. The Hall–Kier alpha value is -4.15. The monoisotopic (exact) mass is 523 g/mol. The summed E-state index contributed by atoms with van der Waals surface area (Å²) in [7, 11) is 4.48. The number of aliphatic hydroxyl groups is 1. The minimum Gasteiger partial charge on any atom is -0.497 e. The Balaban J connectivity index is 1.72. The maximum absolute atomic E-state index is 12.9. The molecule has 0 aliphatic rings. The van der Waals surface area contributed by atoms with Crippen LogP contribution in [0.25, 0.3) is 11.3 Å². The largest absolute Gasteiger partial charge is 0.497 e. The van der Waals surface area contributed by atoms with Crippen LogP contribution in [-0.2, 0) is 4.74 Å². The summed E-state index contributed by atoms with van der Waals surface area (Å²) in [5.74, 6) is 0.512. The van der Waals surface area contributed by atoms with E-state index in [-0.39, 0.29) is 18.0 Å². The minimum atomic E-state index is -1.17. The van der Waals surface area contributed by atoms with Crippen molar-refractivity contribution in [3.8, 4) is 28.5 Å². The molecule has 0 fully saturated rings. The van der Waals surface area contributed by atoms with Gasteiger partial charge >= 0.3 is 0 Å². The summed E-state index contributed by atoms with van der Waals surface area (Å²) < 4.78 is 21.2. The molecule has 0 aliphatic heterocycles. The minimum absolute atomic E-state index is 0.142. The van der Waals surface area contributed by atoms with Crippen molar-refractivity contribution in [2.45, 2.75) is 32.8 Å². The van der Waals surface area contributed by atoms with Gasteiger partial charge in [-0.15, -0.1) is 0 Å². The molecule has 3 aromatic rings. The molecular formula is C28H33N3O7. The van der Waals surface area contributed by atoms with Crippen molar-refractivity contribution in [2.24, 2.45) is 0 Å². The van der Waals surface area contributed by atoms with Crippen molar-refractivity contribution >= 4 is 17.4 Å². The van der Waals surface area contributed by atoms with E-state index < -0.39 is 17.9 Å². The number of carbonyl (C=O) groups is 2. The van der Waals surface area contributed by atoms with Crippen molar-refractivity contribution < 1.29 is 33.6 Å². The average molecular weight is 524 g/mol. The van der Waals surface area contributed by atoms with Crippen molar-refractivity contribution in [2.75, 3.05) is 33.2 Å². The molecular weight excluding hydrogens is 490 g/mol. The third-order valence-corrected chi connectivity index (χ3v) is 5.31. The highest BCUT2D eigenvalue weighted by molar-refractivity contribution is 6.01. The Morgan fingerprint density at radius 3 is 2.21 bits per heavy atom. The molecule has 1 heterocycles. The first-order chi connectivity index (χ1) is 18.0. The van der Waals surface area contributed by atoms with E-state index in [1.165, 1.54) is 33.5 Å². The van der Waals surface area contributed by atoms with Gasteiger partial charge in [0.25, 0.3) is 5.91 Å². The number of methoxy groups -OCH3 is 3. The number of hydrogen-bond donors (Lipinski definition) is 3. The Labute approximate surface area is 221 Å². The second-order valence-electron chi connectivity index (χ2n) is 9.26. The molecule has 202 valence electrons. The molecule has 3 rings (SSSR count). The third kappa shape index (κ3) is 7.67. The number of pyridine rings is 1. The van der Waals surface area contributed by atoms with Gasteiger partial charge < -0.3 is 34.7 Å². The van der Waals surface area contributed by atoms with Crippen LogP contribution in [0.2, 0.25) is 0 Å². The molecule has 0 saturated carbocycles. The Bertz CT molecular complexity index is 1270. The maximum Gasteiger partial charge on any atom is 0.251 e. The molecule has 1 atom stereocenters. The summed E-state index contributed by atoms with van der Waals surface area (Å²) >= 11 is 0. The van der Waals surface area contributed by atoms with Gasteiger partial charge in [-0.1, -0.05) is 12.1 Å². The molecule has 0 radical (unpaired) electrons. The average Bonchev–Trinajstić information content (AvgIpc) is 2.90. The zero-order valence-corrected chi connectivity index (χ0v) is 22.3. The van der Waals surface area contributed by atoms with Crippen LogP contribution in [0.5, 0.6) is 17.2 Å². The third-order valence-electron chi connectivity index (χ3n) is 5.31. The van der Waals surface area contributed by atoms with E-state index in [9.17, 15) is 14.7 Å². The van der Waals surface area contributed by atoms with E-state index in [1.807, 2.05) is 20.8 Å². The SMILES string of the molecule is COc1cc(C(=O)CNC(=O)c2ccc(OC)c(OC)c2)nc(-c2ccc(NC(O)OC(C)(C)C)cc2)c1. The number of ketones is 1. The first-order valence-corrected chi connectivity index (χ1v) is 11.9. The number of nitrogens with zero attached hydrogens (tertiary/aromatic N) is 1. The number of ether oxygens (including phenoxy) is 4. The fourth-order valence-corrected chi connectivity index (χ4v) is 3.49. The lowest BCUT2D eigenvalue weighted by atomic mass is 10.1. The number of rotatable bonds is 11. The Morgan fingerprint density at radius 1 is 0.921 bits per heavy atom. The molecule has 0 spiro atoms. The molecule has 10 nitrogen and oxygen atoms in total. The van der Waals surface area contributed by atoms with E-state index in [2.05, 4.69) is 15.6 Å². The van der Waals surface area contributed by atoms with E-state index in [4.69, 9.17) is 18.9 Å². The van der Waals surface area contributed by atoms with E-state index in [1.54, 1.807) is 42.5 Å². The molecule has 0 bridgehead atoms. The molecule has 0 aliphatic carbocycles.